The van der Waals surface area contributed by atoms with Gasteiger partial charge in [0.2, 0.25) is 5.91 Å². The van der Waals surface area contributed by atoms with Gasteiger partial charge in [0.1, 0.15) is 12.2 Å². The highest BCUT2D eigenvalue weighted by molar-refractivity contribution is 6.01. The predicted octanol–water partition coefficient (Wildman–Crippen LogP) is -0.667. The lowest BCUT2D eigenvalue weighted by molar-refractivity contribution is -0.131. The van der Waals surface area contributed by atoms with E-state index >= 15 is 0 Å². The van der Waals surface area contributed by atoms with Gasteiger partial charge in [-0.25, -0.2) is 4.52 Å². The van der Waals surface area contributed by atoms with Crippen LogP contribution in [-0.2, 0) is 14.3 Å². The van der Waals surface area contributed by atoms with Crippen molar-refractivity contribution in [2.75, 3.05) is 40.5 Å². The number of hydrogen-bond acceptors (Lipinski definition) is 6. The van der Waals surface area contributed by atoms with Crippen LogP contribution >= 0.6 is 0 Å². The van der Waals surface area contributed by atoms with Crippen molar-refractivity contribution in [1.82, 2.24) is 24.8 Å². The van der Waals surface area contributed by atoms with Crippen molar-refractivity contribution in [3.8, 4) is 0 Å². The van der Waals surface area contributed by atoms with E-state index < -0.39 is 5.60 Å². The summed E-state index contributed by atoms with van der Waals surface area (Å²) < 4.78 is 11.9. The molecule has 24 heavy (non-hydrogen) atoms. The normalized spacial score (nSPS) is 16.0. The van der Waals surface area contributed by atoms with Crippen molar-refractivity contribution in [3.05, 3.63) is 30.4 Å². The second kappa shape index (κ2) is 6.54. The first-order valence-electron chi connectivity index (χ1n) is 7.46. The molecule has 128 valence electrons. The van der Waals surface area contributed by atoms with Crippen LogP contribution in [0.25, 0.3) is 5.52 Å². The zero-order chi connectivity index (χ0) is 17.2. The van der Waals surface area contributed by atoms with Gasteiger partial charge in [0, 0.05) is 26.6 Å². The van der Waals surface area contributed by atoms with Gasteiger partial charge in [0.15, 0.2) is 0 Å². The molecule has 3 heterocycles. The van der Waals surface area contributed by atoms with Crippen LogP contribution in [0.3, 0.4) is 0 Å². The molecule has 9 nitrogen and oxygen atoms in total. The number of nitrogens with zero attached hydrogens (tertiary/aromatic N) is 4. The number of hydrogen-bond donors (Lipinski definition) is 1. The minimum Gasteiger partial charge on any atom is -0.375 e. The summed E-state index contributed by atoms with van der Waals surface area (Å²) in [6.07, 6.45) is 6.44. The Hall–Kier alpha value is -2.52. The van der Waals surface area contributed by atoms with Crippen LogP contribution in [0.1, 0.15) is 10.4 Å². The van der Waals surface area contributed by atoms with Crippen molar-refractivity contribution in [2.24, 2.45) is 0 Å². The number of nitrogens with one attached hydrogen (secondary N) is 1. The SMILES string of the molecule is COCC(=O)NCC1(OC)CN(C(=O)c2cnn3ccncc23)C1. The molecule has 3 rings (SSSR count). The Bertz CT molecular complexity index is 753. The molecule has 2 aromatic rings. The van der Waals surface area contributed by atoms with E-state index in [9.17, 15) is 9.59 Å². The Morgan fingerprint density at radius 1 is 1.33 bits per heavy atom. The topological polar surface area (TPSA) is 98.1 Å². The van der Waals surface area contributed by atoms with Crippen LogP contribution in [0.2, 0.25) is 0 Å². The van der Waals surface area contributed by atoms with Gasteiger partial charge in [-0.05, 0) is 0 Å². The second-order valence-electron chi connectivity index (χ2n) is 5.72. The van der Waals surface area contributed by atoms with Crippen LogP contribution < -0.4 is 5.32 Å². The predicted molar refractivity (Wildman–Crippen MR) is 83.5 cm³/mol. The largest absolute Gasteiger partial charge is 0.375 e. The summed E-state index contributed by atoms with van der Waals surface area (Å²) in [6, 6.07) is 0. The molecule has 2 aromatic heterocycles. The molecule has 1 N–H and O–H groups in total. The number of likely N-dealkylation sites (tertiary alicyclic amines) is 1. The van der Waals surface area contributed by atoms with Crippen molar-refractivity contribution in [3.63, 3.8) is 0 Å². The third-order valence-corrected chi connectivity index (χ3v) is 4.12. The van der Waals surface area contributed by atoms with Crippen LogP contribution in [0, 0.1) is 0 Å². The Morgan fingerprint density at radius 3 is 2.83 bits per heavy atom. The highest BCUT2D eigenvalue weighted by atomic mass is 16.5. The van der Waals surface area contributed by atoms with Crippen LogP contribution in [-0.4, -0.2) is 77.4 Å². The Labute approximate surface area is 138 Å². The first-order chi connectivity index (χ1) is 11.6. The number of rotatable bonds is 6. The molecule has 0 radical (unpaired) electrons. The zero-order valence-electron chi connectivity index (χ0n) is 13.6. The smallest absolute Gasteiger partial charge is 0.257 e. The summed E-state index contributed by atoms with van der Waals surface area (Å²) >= 11 is 0. The molecule has 1 aliphatic heterocycles. The fraction of sp³-hybridized carbons (Fsp3) is 0.467. The minimum atomic E-state index is -0.569. The van der Waals surface area contributed by atoms with Crippen molar-refractivity contribution < 1.29 is 19.1 Å². The lowest BCUT2D eigenvalue weighted by atomic mass is 9.92. The van der Waals surface area contributed by atoms with Crippen LogP contribution in [0.5, 0.6) is 0 Å². The number of fused-ring (bicyclic) bond motifs is 1. The van der Waals surface area contributed by atoms with Gasteiger partial charge in [-0.1, -0.05) is 0 Å². The van der Waals surface area contributed by atoms with E-state index in [0.29, 0.717) is 30.7 Å². The van der Waals surface area contributed by atoms with Crippen LogP contribution in [0.15, 0.2) is 24.8 Å². The maximum absolute atomic E-state index is 12.6. The molecule has 0 aromatic carbocycles. The Balaban J connectivity index is 1.64. The Morgan fingerprint density at radius 2 is 2.12 bits per heavy atom. The van der Waals surface area contributed by atoms with Gasteiger partial charge in [0.05, 0.1) is 43.1 Å². The van der Waals surface area contributed by atoms with E-state index in [-0.39, 0.29) is 18.4 Å². The fourth-order valence-electron chi connectivity index (χ4n) is 2.72. The number of carbonyl (C=O) groups excluding carboxylic acids is 2. The Kier molecular flexibility index (Phi) is 4.45. The maximum Gasteiger partial charge on any atom is 0.257 e. The highest BCUT2D eigenvalue weighted by Gasteiger charge is 2.46. The molecular formula is C15H19N5O4. The molecule has 0 saturated carbocycles. The molecule has 0 spiro atoms. The van der Waals surface area contributed by atoms with Gasteiger partial charge in [-0.2, -0.15) is 5.10 Å². The zero-order valence-corrected chi connectivity index (χ0v) is 13.6. The quantitative estimate of drug-likeness (QED) is 0.753. The van der Waals surface area contributed by atoms with Gasteiger partial charge in [0.25, 0.3) is 5.91 Å². The number of ether oxygens (including phenoxy) is 2. The molecule has 0 atom stereocenters. The van der Waals surface area contributed by atoms with Crippen molar-refractivity contribution in [2.45, 2.75) is 5.60 Å². The summed E-state index contributed by atoms with van der Waals surface area (Å²) in [4.78, 5) is 29.8. The van der Waals surface area contributed by atoms with E-state index in [1.165, 1.54) is 13.3 Å². The van der Waals surface area contributed by atoms with Crippen LogP contribution in [0.4, 0.5) is 0 Å². The molecule has 1 saturated heterocycles. The molecule has 9 heteroatoms. The van der Waals surface area contributed by atoms with Gasteiger partial charge in [-0.15, -0.1) is 0 Å². The summed E-state index contributed by atoms with van der Waals surface area (Å²) in [5, 5.41) is 6.89. The van der Waals surface area contributed by atoms with E-state index in [4.69, 9.17) is 9.47 Å². The van der Waals surface area contributed by atoms with Crippen molar-refractivity contribution in [1.29, 1.82) is 0 Å². The van der Waals surface area contributed by atoms with E-state index in [0.717, 1.165) is 0 Å². The molecule has 0 aliphatic carbocycles. The van der Waals surface area contributed by atoms with Gasteiger partial charge >= 0.3 is 0 Å². The molecule has 1 fully saturated rings. The third-order valence-electron chi connectivity index (χ3n) is 4.12. The standard InChI is InChI=1S/C15H19N5O4/c1-23-7-13(21)17-8-15(24-2)9-19(10-15)14(22)11-5-18-20-4-3-16-6-12(11)20/h3-6H,7-10H2,1-2H3,(H,17,21). The monoisotopic (exact) mass is 333 g/mol. The summed E-state index contributed by atoms with van der Waals surface area (Å²) in [6.45, 7) is 1.12. The number of methoxy groups -OCH3 is 2. The third kappa shape index (κ3) is 2.95. The number of aromatic nitrogens is 3. The number of carbonyl (C=O) groups is 2. The molecule has 2 amide bonds. The van der Waals surface area contributed by atoms with E-state index in [2.05, 4.69) is 15.4 Å². The second-order valence-corrected chi connectivity index (χ2v) is 5.72. The summed E-state index contributed by atoms with van der Waals surface area (Å²) in [5.74, 6) is -0.346. The van der Waals surface area contributed by atoms with Gasteiger partial charge in [-0.3, -0.25) is 14.6 Å². The first-order valence-corrected chi connectivity index (χ1v) is 7.46. The molecule has 0 bridgehead atoms. The maximum atomic E-state index is 12.6. The van der Waals surface area contributed by atoms with Crippen molar-refractivity contribution >= 4 is 17.3 Å². The highest BCUT2D eigenvalue weighted by Crippen LogP contribution is 2.26. The summed E-state index contributed by atoms with van der Waals surface area (Å²) in [5.41, 5.74) is 0.585. The minimum absolute atomic E-state index is 0.00215. The fourth-order valence-corrected chi connectivity index (χ4v) is 2.72. The lowest BCUT2D eigenvalue weighted by Gasteiger charge is -2.48. The molecule has 0 unspecified atom stereocenters. The van der Waals surface area contributed by atoms with E-state index in [1.54, 1.807) is 35.1 Å². The lowest BCUT2D eigenvalue weighted by Crippen LogP contribution is -2.68. The summed E-state index contributed by atoms with van der Waals surface area (Å²) in [7, 11) is 3.03. The molecule has 1 aliphatic rings. The average molecular weight is 333 g/mol. The first kappa shape index (κ1) is 16.3. The number of amides is 2. The average Bonchev–Trinajstić information content (AvgIpc) is 2.98. The molecular weight excluding hydrogens is 314 g/mol. The van der Waals surface area contributed by atoms with E-state index in [1.807, 2.05) is 0 Å². The van der Waals surface area contributed by atoms with Gasteiger partial charge < -0.3 is 19.7 Å².